The first-order valence-electron chi connectivity index (χ1n) is 4.66. The zero-order valence-corrected chi connectivity index (χ0v) is 10.4. The quantitative estimate of drug-likeness (QED) is 0.614. The third kappa shape index (κ3) is 6.34. The molecule has 1 amide bonds. The Labute approximate surface area is 93.7 Å². The summed E-state index contributed by atoms with van der Waals surface area (Å²) in [6.07, 6.45) is 0. The molecule has 0 aromatic heterocycles. The zero-order valence-electron chi connectivity index (χ0n) is 8.79. The van der Waals surface area contributed by atoms with E-state index in [1.807, 2.05) is 6.92 Å². The van der Waals surface area contributed by atoms with Crippen molar-refractivity contribution < 1.29 is 14.3 Å². The molecule has 84 valence electrons. The molecule has 0 rings (SSSR count). The maximum atomic E-state index is 11.5. The van der Waals surface area contributed by atoms with Crippen LogP contribution >= 0.6 is 15.9 Å². The summed E-state index contributed by atoms with van der Waals surface area (Å²) in [5.74, 6) is 0.0170. The molecule has 0 bridgehead atoms. The second-order valence-electron chi connectivity index (χ2n) is 2.70. The number of methoxy groups -OCH3 is 1. The van der Waals surface area contributed by atoms with Gasteiger partial charge in [0.25, 0.3) is 0 Å². The van der Waals surface area contributed by atoms with Gasteiger partial charge in [0, 0.05) is 32.1 Å². The Bertz CT molecular complexity index is 155. The molecule has 0 radical (unpaired) electrons. The van der Waals surface area contributed by atoms with E-state index in [9.17, 15) is 4.79 Å². The predicted octanol–water partition coefficient (Wildman–Crippen LogP) is 0.893. The smallest absolute Gasteiger partial charge is 0.248 e. The van der Waals surface area contributed by atoms with Crippen LogP contribution < -0.4 is 0 Å². The van der Waals surface area contributed by atoms with Crippen molar-refractivity contribution in [1.82, 2.24) is 4.90 Å². The maximum absolute atomic E-state index is 11.5. The fourth-order valence-electron chi connectivity index (χ4n) is 0.945. The molecular weight excluding hydrogens is 250 g/mol. The number of carbonyl (C=O) groups excluding carboxylic acids is 1. The zero-order chi connectivity index (χ0) is 10.8. The number of amides is 1. The number of carbonyl (C=O) groups is 1. The van der Waals surface area contributed by atoms with Crippen LogP contribution in [0.5, 0.6) is 0 Å². The number of hydrogen-bond acceptors (Lipinski definition) is 3. The molecule has 0 aliphatic carbocycles. The maximum Gasteiger partial charge on any atom is 0.248 e. The van der Waals surface area contributed by atoms with Crippen LogP contribution in [-0.2, 0) is 14.3 Å². The molecule has 0 aliphatic heterocycles. The molecule has 0 N–H and O–H groups in total. The first-order chi connectivity index (χ1) is 6.76. The number of nitrogens with zero attached hydrogens (tertiary/aromatic N) is 1. The highest BCUT2D eigenvalue weighted by molar-refractivity contribution is 9.09. The Morgan fingerprint density at radius 2 is 2.14 bits per heavy atom. The highest BCUT2D eigenvalue weighted by Gasteiger charge is 2.11. The standard InChI is InChI=1S/C9H18BrNO3/c1-3-14-8-9(12)11(5-4-10)6-7-13-2/h3-8H2,1-2H3. The lowest BCUT2D eigenvalue weighted by atomic mass is 10.4. The van der Waals surface area contributed by atoms with Gasteiger partial charge in [-0.25, -0.2) is 0 Å². The minimum absolute atomic E-state index is 0.0170. The van der Waals surface area contributed by atoms with Crippen LogP contribution in [0.2, 0.25) is 0 Å². The molecule has 0 unspecified atom stereocenters. The fourth-order valence-corrected chi connectivity index (χ4v) is 1.37. The van der Waals surface area contributed by atoms with Crippen LogP contribution in [0, 0.1) is 0 Å². The molecule has 0 aromatic rings. The van der Waals surface area contributed by atoms with Gasteiger partial charge < -0.3 is 14.4 Å². The third-order valence-corrected chi connectivity index (χ3v) is 2.06. The average molecular weight is 268 g/mol. The molecule has 0 aliphatic rings. The molecule has 0 fully saturated rings. The van der Waals surface area contributed by atoms with Crippen molar-refractivity contribution in [2.75, 3.05) is 45.4 Å². The van der Waals surface area contributed by atoms with Gasteiger partial charge in [0.15, 0.2) is 0 Å². The van der Waals surface area contributed by atoms with E-state index >= 15 is 0 Å². The van der Waals surface area contributed by atoms with E-state index in [2.05, 4.69) is 15.9 Å². The lowest BCUT2D eigenvalue weighted by Gasteiger charge is -2.21. The van der Waals surface area contributed by atoms with Gasteiger partial charge in [-0.2, -0.15) is 0 Å². The third-order valence-electron chi connectivity index (χ3n) is 1.70. The first-order valence-corrected chi connectivity index (χ1v) is 5.78. The lowest BCUT2D eigenvalue weighted by molar-refractivity contribution is -0.136. The highest BCUT2D eigenvalue weighted by Crippen LogP contribution is 1.94. The van der Waals surface area contributed by atoms with E-state index < -0.39 is 0 Å². The molecular formula is C9H18BrNO3. The summed E-state index contributed by atoms with van der Waals surface area (Å²) in [4.78, 5) is 13.3. The summed E-state index contributed by atoms with van der Waals surface area (Å²) in [6.45, 7) is 4.47. The summed E-state index contributed by atoms with van der Waals surface area (Å²) in [5, 5.41) is 0.772. The Balaban J connectivity index is 3.84. The molecule has 0 aromatic carbocycles. The minimum Gasteiger partial charge on any atom is -0.383 e. The molecule has 5 heteroatoms. The van der Waals surface area contributed by atoms with Crippen LogP contribution in [0.25, 0.3) is 0 Å². The Hall–Kier alpha value is -0.130. The molecule has 0 atom stereocenters. The van der Waals surface area contributed by atoms with Crippen molar-refractivity contribution in [3.05, 3.63) is 0 Å². The van der Waals surface area contributed by atoms with Gasteiger partial charge in [-0.05, 0) is 6.92 Å². The topological polar surface area (TPSA) is 38.8 Å². The number of rotatable bonds is 8. The van der Waals surface area contributed by atoms with E-state index in [1.54, 1.807) is 12.0 Å². The van der Waals surface area contributed by atoms with E-state index in [4.69, 9.17) is 9.47 Å². The van der Waals surface area contributed by atoms with Crippen LogP contribution in [0.1, 0.15) is 6.92 Å². The average Bonchev–Trinajstić information content (AvgIpc) is 2.20. The summed E-state index contributed by atoms with van der Waals surface area (Å²) in [6, 6.07) is 0. The van der Waals surface area contributed by atoms with Gasteiger partial charge in [-0.15, -0.1) is 0 Å². The second kappa shape index (κ2) is 9.43. The van der Waals surface area contributed by atoms with Gasteiger partial charge >= 0.3 is 0 Å². The highest BCUT2D eigenvalue weighted by atomic mass is 79.9. The van der Waals surface area contributed by atoms with E-state index in [0.717, 1.165) is 5.33 Å². The summed E-state index contributed by atoms with van der Waals surface area (Å²) < 4.78 is 9.98. The van der Waals surface area contributed by atoms with Gasteiger partial charge in [-0.3, -0.25) is 4.79 Å². The number of alkyl halides is 1. The van der Waals surface area contributed by atoms with Gasteiger partial charge in [0.2, 0.25) is 5.91 Å². The lowest BCUT2D eigenvalue weighted by Crippen LogP contribution is -2.37. The van der Waals surface area contributed by atoms with Crippen molar-refractivity contribution in [3.63, 3.8) is 0 Å². The molecule has 0 spiro atoms. The van der Waals surface area contributed by atoms with Crippen LogP contribution in [0.15, 0.2) is 0 Å². The monoisotopic (exact) mass is 267 g/mol. The molecule has 4 nitrogen and oxygen atoms in total. The van der Waals surface area contributed by atoms with Crippen molar-refractivity contribution in [1.29, 1.82) is 0 Å². The Kier molecular flexibility index (Phi) is 9.34. The molecule has 14 heavy (non-hydrogen) atoms. The Morgan fingerprint density at radius 3 is 2.64 bits per heavy atom. The molecule has 0 saturated heterocycles. The van der Waals surface area contributed by atoms with Crippen molar-refractivity contribution in [2.45, 2.75) is 6.92 Å². The van der Waals surface area contributed by atoms with Gasteiger partial charge in [0.1, 0.15) is 6.61 Å². The van der Waals surface area contributed by atoms with E-state index in [1.165, 1.54) is 0 Å². The minimum atomic E-state index is 0.0170. The first kappa shape index (κ1) is 13.9. The molecule has 0 heterocycles. The summed E-state index contributed by atoms with van der Waals surface area (Å²) in [7, 11) is 1.62. The number of halogens is 1. The van der Waals surface area contributed by atoms with Crippen molar-refractivity contribution >= 4 is 21.8 Å². The number of hydrogen-bond donors (Lipinski definition) is 0. The summed E-state index contributed by atoms with van der Waals surface area (Å²) in [5.41, 5.74) is 0. The number of ether oxygens (including phenoxy) is 2. The second-order valence-corrected chi connectivity index (χ2v) is 3.49. The van der Waals surface area contributed by atoms with Crippen LogP contribution in [-0.4, -0.2) is 56.2 Å². The normalized spacial score (nSPS) is 10.2. The van der Waals surface area contributed by atoms with E-state index in [0.29, 0.717) is 26.3 Å². The fraction of sp³-hybridized carbons (Fsp3) is 0.889. The predicted molar refractivity (Wildman–Crippen MR) is 58.7 cm³/mol. The largest absolute Gasteiger partial charge is 0.383 e. The van der Waals surface area contributed by atoms with Gasteiger partial charge in [0.05, 0.1) is 6.61 Å². The molecule has 0 saturated carbocycles. The summed E-state index contributed by atoms with van der Waals surface area (Å²) >= 11 is 3.30. The van der Waals surface area contributed by atoms with Crippen molar-refractivity contribution in [3.8, 4) is 0 Å². The van der Waals surface area contributed by atoms with Gasteiger partial charge in [-0.1, -0.05) is 15.9 Å². The SMILES string of the molecule is CCOCC(=O)N(CCBr)CCOC. The Morgan fingerprint density at radius 1 is 1.43 bits per heavy atom. The van der Waals surface area contributed by atoms with Crippen molar-refractivity contribution in [2.24, 2.45) is 0 Å². The van der Waals surface area contributed by atoms with E-state index in [-0.39, 0.29) is 12.5 Å². The van der Waals surface area contributed by atoms with Crippen LogP contribution in [0.3, 0.4) is 0 Å². The van der Waals surface area contributed by atoms with Crippen LogP contribution in [0.4, 0.5) is 0 Å².